The molecule has 1 amide bonds. The molecule has 25 heavy (non-hydrogen) atoms. The van der Waals surface area contributed by atoms with Crippen LogP contribution in [0.5, 0.6) is 5.75 Å². The molecule has 0 spiro atoms. The van der Waals surface area contributed by atoms with Gasteiger partial charge in [0.25, 0.3) is 0 Å². The fourth-order valence-electron chi connectivity index (χ4n) is 2.31. The third-order valence-corrected chi connectivity index (χ3v) is 5.20. The van der Waals surface area contributed by atoms with Crippen LogP contribution in [0.3, 0.4) is 0 Å². The smallest absolute Gasteiger partial charge is 0.246 e. The van der Waals surface area contributed by atoms with Crippen molar-refractivity contribution in [1.29, 1.82) is 0 Å². The van der Waals surface area contributed by atoms with E-state index < -0.39 is 10.0 Å². The number of benzene rings is 1. The maximum absolute atomic E-state index is 12.2. The Hall–Kier alpha value is -2.39. The van der Waals surface area contributed by atoms with Crippen molar-refractivity contribution >= 4 is 15.9 Å². The molecule has 0 atom stereocenters. The first-order chi connectivity index (χ1) is 11.8. The molecule has 136 valence electrons. The molecule has 0 aliphatic rings. The average molecular weight is 367 g/mol. The van der Waals surface area contributed by atoms with Crippen molar-refractivity contribution in [1.82, 2.24) is 15.2 Å². The van der Waals surface area contributed by atoms with Crippen LogP contribution >= 0.6 is 0 Å². The van der Waals surface area contributed by atoms with E-state index in [4.69, 9.17) is 9.26 Å². The summed E-state index contributed by atoms with van der Waals surface area (Å²) in [6.45, 7) is 3.34. The number of methoxy groups -OCH3 is 1. The molecule has 0 radical (unpaired) electrons. The molecule has 2 rings (SSSR count). The summed E-state index contributed by atoms with van der Waals surface area (Å²) in [5.74, 6) is 0.758. The maximum Gasteiger partial charge on any atom is 0.246 e. The molecule has 0 bridgehead atoms. The molecule has 0 unspecified atom stereocenters. The lowest BCUT2D eigenvalue weighted by Crippen LogP contribution is -2.35. The average Bonchev–Trinajstić information content (AvgIpc) is 2.92. The molecular formula is C16H21N3O5S. The summed E-state index contributed by atoms with van der Waals surface area (Å²) in [5.41, 5.74) is 1.14. The van der Waals surface area contributed by atoms with Gasteiger partial charge in [-0.25, -0.2) is 13.1 Å². The third kappa shape index (κ3) is 5.04. The van der Waals surface area contributed by atoms with Crippen LogP contribution in [0.1, 0.15) is 17.0 Å². The SMILES string of the molecule is COc1ccc(CC(=O)NCCNS(=O)(=O)c2c(C)noc2C)cc1. The number of amides is 1. The fraction of sp³-hybridized carbons (Fsp3) is 0.375. The molecule has 2 N–H and O–H groups in total. The largest absolute Gasteiger partial charge is 0.497 e. The number of hydrogen-bond acceptors (Lipinski definition) is 6. The van der Waals surface area contributed by atoms with Gasteiger partial charge in [-0.05, 0) is 31.5 Å². The van der Waals surface area contributed by atoms with Crippen LogP contribution in [0.2, 0.25) is 0 Å². The van der Waals surface area contributed by atoms with E-state index in [1.54, 1.807) is 38.3 Å². The molecule has 8 nitrogen and oxygen atoms in total. The molecule has 1 aromatic heterocycles. The van der Waals surface area contributed by atoms with Crippen molar-refractivity contribution < 1.29 is 22.5 Å². The van der Waals surface area contributed by atoms with Gasteiger partial charge in [0.2, 0.25) is 15.9 Å². The number of hydrogen-bond donors (Lipinski definition) is 2. The molecule has 2 aromatic rings. The van der Waals surface area contributed by atoms with Crippen molar-refractivity contribution in [2.45, 2.75) is 25.2 Å². The summed E-state index contributed by atoms with van der Waals surface area (Å²) >= 11 is 0. The van der Waals surface area contributed by atoms with Gasteiger partial charge in [0.15, 0.2) is 5.76 Å². The van der Waals surface area contributed by atoms with Crippen LogP contribution in [-0.4, -0.2) is 39.7 Å². The zero-order valence-corrected chi connectivity index (χ0v) is 15.1. The van der Waals surface area contributed by atoms with Gasteiger partial charge in [-0.1, -0.05) is 17.3 Å². The van der Waals surface area contributed by atoms with E-state index in [0.717, 1.165) is 11.3 Å². The monoisotopic (exact) mass is 367 g/mol. The van der Waals surface area contributed by atoms with E-state index >= 15 is 0 Å². The molecule has 0 fully saturated rings. The minimum Gasteiger partial charge on any atom is -0.497 e. The summed E-state index contributed by atoms with van der Waals surface area (Å²) < 4.78 is 36.7. The van der Waals surface area contributed by atoms with E-state index in [2.05, 4.69) is 15.2 Å². The van der Waals surface area contributed by atoms with Crippen LogP contribution in [-0.2, 0) is 21.2 Å². The number of carbonyl (C=O) groups excluding carboxylic acids is 1. The molecule has 0 saturated carbocycles. The maximum atomic E-state index is 12.2. The minimum atomic E-state index is -3.71. The number of nitrogens with one attached hydrogen (secondary N) is 2. The highest BCUT2D eigenvalue weighted by molar-refractivity contribution is 7.89. The second-order valence-electron chi connectivity index (χ2n) is 5.43. The summed E-state index contributed by atoms with van der Waals surface area (Å²) in [6.07, 6.45) is 0.209. The summed E-state index contributed by atoms with van der Waals surface area (Å²) in [7, 11) is -2.14. The van der Waals surface area contributed by atoms with Crippen LogP contribution in [0, 0.1) is 13.8 Å². The fourth-order valence-corrected chi connectivity index (χ4v) is 3.67. The van der Waals surface area contributed by atoms with Crippen LogP contribution < -0.4 is 14.8 Å². The van der Waals surface area contributed by atoms with Gasteiger partial charge in [0.05, 0.1) is 13.5 Å². The standard InChI is InChI=1S/C16H21N3O5S/c1-11-16(12(2)24-19-11)25(21,22)18-9-8-17-15(20)10-13-4-6-14(23-3)7-5-13/h4-7,18H,8-10H2,1-3H3,(H,17,20). The molecule has 0 saturated heterocycles. The van der Waals surface area contributed by atoms with Gasteiger partial charge in [0.1, 0.15) is 16.3 Å². The molecule has 9 heteroatoms. The van der Waals surface area contributed by atoms with Crippen molar-refractivity contribution in [3.05, 3.63) is 41.3 Å². The number of ether oxygens (including phenoxy) is 1. The number of carbonyl (C=O) groups is 1. The number of sulfonamides is 1. The predicted molar refractivity (Wildman–Crippen MR) is 90.9 cm³/mol. The Balaban J connectivity index is 1.79. The Morgan fingerprint density at radius 2 is 1.88 bits per heavy atom. The Morgan fingerprint density at radius 3 is 2.44 bits per heavy atom. The van der Waals surface area contributed by atoms with Crippen molar-refractivity contribution in [3.8, 4) is 5.75 Å². The van der Waals surface area contributed by atoms with Gasteiger partial charge in [-0.15, -0.1) is 0 Å². The first-order valence-corrected chi connectivity index (χ1v) is 9.14. The van der Waals surface area contributed by atoms with Crippen LogP contribution in [0.15, 0.2) is 33.7 Å². The van der Waals surface area contributed by atoms with Gasteiger partial charge < -0.3 is 14.6 Å². The van der Waals surface area contributed by atoms with E-state index in [0.29, 0.717) is 5.69 Å². The second kappa shape index (κ2) is 8.13. The van der Waals surface area contributed by atoms with Crippen molar-refractivity contribution in [2.24, 2.45) is 0 Å². The lowest BCUT2D eigenvalue weighted by Gasteiger charge is -2.08. The minimum absolute atomic E-state index is 0.0389. The Morgan fingerprint density at radius 1 is 1.20 bits per heavy atom. The quantitative estimate of drug-likeness (QED) is 0.672. The summed E-state index contributed by atoms with van der Waals surface area (Å²) in [6, 6.07) is 7.16. The highest BCUT2D eigenvalue weighted by Crippen LogP contribution is 2.18. The molecule has 0 aliphatic carbocycles. The first-order valence-electron chi connectivity index (χ1n) is 7.65. The zero-order valence-electron chi connectivity index (χ0n) is 14.3. The normalized spacial score (nSPS) is 11.3. The molecule has 1 aromatic carbocycles. The van der Waals surface area contributed by atoms with Gasteiger partial charge in [0, 0.05) is 13.1 Å². The van der Waals surface area contributed by atoms with Gasteiger partial charge in [-0.3, -0.25) is 4.79 Å². The molecule has 1 heterocycles. The predicted octanol–water partition coefficient (Wildman–Crippen LogP) is 0.937. The number of rotatable bonds is 8. The number of aromatic nitrogens is 1. The van der Waals surface area contributed by atoms with Gasteiger partial charge in [-0.2, -0.15) is 0 Å². The number of nitrogens with zero attached hydrogens (tertiary/aromatic N) is 1. The highest BCUT2D eigenvalue weighted by atomic mass is 32.2. The lowest BCUT2D eigenvalue weighted by atomic mass is 10.1. The zero-order chi connectivity index (χ0) is 18.4. The molecular weight excluding hydrogens is 346 g/mol. The van der Waals surface area contributed by atoms with Crippen molar-refractivity contribution in [2.75, 3.05) is 20.2 Å². The first kappa shape index (κ1) is 18.9. The van der Waals surface area contributed by atoms with Crippen LogP contribution in [0.25, 0.3) is 0 Å². The topological polar surface area (TPSA) is 111 Å². The van der Waals surface area contributed by atoms with E-state index in [1.807, 2.05) is 0 Å². The lowest BCUT2D eigenvalue weighted by molar-refractivity contribution is -0.120. The second-order valence-corrected chi connectivity index (χ2v) is 7.13. The van der Waals surface area contributed by atoms with E-state index in [9.17, 15) is 13.2 Å². The summed E-state index contributed by atoms with van der Waals surface area (Å²) in [5, 5.41) is 6.30. The van der Waals surface area contributed by atoms with Crippen molar-refractivity contribution in [3.63, 3.8) is 0 Å². The van der Waals surface area contributed by atoms with Gasteiger partial charge >= 0.3 is 0 Å². The number of aryl methyl sites for hydroxylation is 2. The van der Waals surface area contributed by atoms with E-state index in [1.165, 1.54) is 6.92 Å². The molecule has 0 aliphatic heterocycles. The van der Waals surface area contributed by atoms with E-state index in [-0.39, 0.29) is 36.1 Å². The Bertz CT molecular complexity index is 808. The third-order valence-electron chi connectivity index (χ3n) is 3.50. The Kier molecular flexibility index (Phi) is 6.16. The van der Waals surface area contributed by atoms with Crippen LogP contribution in [0.4, 0.5) is 0 Å². The highest BCUT2D eigenvalue weighted by Gasteiger charge is 2.23. The Labute approximate surface area is 146 Å². The summed E-state index contributed by atoms with van der Waals surface area (Å²) in [4.78, 5) is 11.9.